The Morgan fingerprint density at radius 2 is 1.75 bits per heavy atom. The SMILES string of the molecule is COc1cc(OC)c(NC(=O)c2cccc(OC(C)=O)c2)cc1Cl. The van der Waals surface area contributed by atoms with Crippen molar-refractivity contribution in [2.45, 2.75) is 6.92 Å². The summed E-state index contributed by atoms with van der Waals surface area (Å²) in [6, 6.07) is 9.38. The molecule has 6 nitrogen and oxygen atoms in total. The van der Waals surface area contributed by atoms with Crippen LogP contribution in [0.3, 0.4) is 0 Å². The summed E-state index contributed by atoms with van der Waals surface area (Å²) in [6.45, 7) is 1.29. The number of ether oxygens (including phenoxy) is 3. The predicted octanol–water partition coefficient (Wildman–Crippen LogP) is 3.53. The minimum absolute atomic E-state index is 0.287. The van der Waals surface area contributed by atoms with Crippen LogP contribution in [0.25, 0.3) is 0 Å². The van der Waals surface area contributed by atoms with Crippen molar-refractivity contribution >= 4 is 29.2 Å². The molecule has 2 rings (SSSR count). The number of hydrogen-bond donors (Lipinski definition) is 1. The van der Waals surface area contributed by atoms with E-state index in [1.54, 1.807) is 24.3 Å². The molecule has 24 heavy (non-hydrogen) atoms. The molecule has 0 atom stereocenters. The summed E-state index contributed by atoms with van der Waals surface area (Å²) in [7, 11) is 2.96. The molecule has 0 aliphatic rings. The third-order valence-electron chi connectivity index (χ3n) is 3.08. The minimum atomic E-state index is -0.462. The summed E-state index contributed by atoms with van der Waals surface area (Å²) in [6.07, 6.45) is 0. The van der Waals surface area contributed by atoms with E-state index in [0.717, 1.165) is 0 Å². The maximum Gasteiger partial charge on any atom is 0.308 e. The smallest absolute Gasteiger partial charge is 0.308 e. The molecule has 0 aromatic heterocycles. The van der Waals surface area contributed by atoms with Crippen LogP contribution in [-0.4, -0.2) is 26.1 Å². The molecule has 0 saturated carbocycles. The summed E-state index contributed by atoms with van der Waals surface area (Å²) >= 11 is 6.08. The van der Waals surface area contributed by atoms with Crippen LogP contribution in [0.5, 0.6) is 17.2 Å². The molecular formula is C17H16ClNO5. The number of halogens is 1. The highest BCUT2D eigenvalue weighted by Gasteiger charge is 2.14. The molecule has 0 heterocycles. The fraction of sp³-hybridized carbons (Fsp3) is 0.176. The number of carbonyl (C=O) groups is 2. The number of rotatable bonds is 5. The lowest BCUT2D eigenvalue weighted by molar-refractivity contribution is -0.131. The monoisotopic (exact) mass is 349 g/mol. The third-order valence-corrected chi connectivity index (χ3v) is 3.38. The Hall–Kier alpha value is -2.73. The van der Waals surface area contributed by atoms with Crippen LogP contribution in [0.2, 0.25) is 5.02 Å². The van der Waals surface area contributed by atoms with E-state index in [-0.39, 0.29) is 5.75 Å². The van der Waals surface area contributed by atoms with E-state index in [2.05, 4.69) is 5.32 Å². The molecule has 0 radical (unpaired) electrons. The van der Waals surface area contributed by atoms with Crippen LogP contribution in [-0.2, 0) is 4.79 Å². The molecule has 0 saturated heterocycles. The van der Waals surface area contributed by atoms with Crippen LogP contribution < -0.4 is 19.5 Å². The fourth-order valence-corrected chi connectivity index (χ4v) is 2.26. The summed E-state index contributed by atoms with van der Waals surface area (Å²) in [4.78, 5) is 23.4. The number of anilines is 1. The lowest BCUT2D eigenvalue weighted by Gasteiger charge is -2.13. The van der Waals surface area contributed by atoms with Crippen LogP contribution in [0.4, 0.5) is 5.69 Å². The van der Waals surface area contributed by atoms with E-state index in [1.165, 1.54) is 33.3 Å². The molecule has 2 aromatic rings. The van der Waals surface area contributed by atoms with Gasteiger partial charge in [0.1, 0.15) is 17.2 Å². The second-order valence-electron chi connectivity index (χ2n) is 4.76. The largest absolute Gasteiger partial charge is 0.495 e. The highest BCUT2D eigenvalue weighted by atomic mass is 35.5. The van der Waals surface area contributed by atoms with Crippen molar-refractivity contribution in [3.8, 4) is 17.2 Å². The first-order chi connectivity index (χ1) is 11.4. The van der Waals surface area contributed by atoms with Gasteiger partial charge >= 0.3 is 5.97 Å². The Morgan fingerprint density at radius 3 is 2.38 bits per heavy atom. The standard InChI is InChI=1S/C17H16ClNO5/c1-10(20)24-12-6-4-5-11(7-12)17(21)19-14-8-13(18)15(22-2)9-16(14)23-3/h4-9H,1-3H3,(H,19,21). The number of amides is 1. The second kappa shape index (κ2) is 7.70. The first-order valence-corrected chi connectivity index (χ1v) is 7.33. The van der Waals surface area contributed by atoms with Gasteiger partial charge in [-0.15, -0.1) is 0 Å². The van der Waals surface area contributed by atoms with Gasteiger partial charge in [0.15, 0.2) is 0 Å². The summed E-state index contributed by atoms with van der Waals surface area (Å²) in [5.74, 6) is 0.263. The lowest BCUT2D eigenvalue weighted by Crippen LogP contribution is -2.13. The molecule has 0 aliphatic heterocycles. The van der Waals surface area contributed by atoms with Gasteiger partial charge in [0.25, 0.3) is 5.91 Å². The number of methoxy groups -OCH3 is 2. The highest BCUT2D eigenvalue weighted by Crippen LogP contribution is 2.36. The molecule has 0 aliphatic carbocycles. The molecule has 0 fully saturated rings. The number of hydrogen-bond acceptors (Lipinski definition) is 5. The summed E-state index contributed by atoms with van der Waals surface area (Å²) < 4.78 is 15.3. The molecule has 0 spiro atoms. The number of benzene rings is 2. The Labute approximate surface area is 144 Å². The maximum absolute atomic E-state index is 12.4. The van der Waals surface area contributed by atoms with Crippen molar-refractivity contribution in [3.63, 3.8) is 0 Å². The van der Waals surface area contributed by atoms with E-state index >= 15 is 0 Å². The average Bonchev–Trinajstić information content (AvgIpc) is 2.54. The molecule has 0 bridgehead atoms. The summed E-state index contributed by atoms with van der Waals surface area (Å²) in [5.41, 5.74) is 0.717. The van der Waals surface area contributed by atoms with Gasteiger partial charge in [-0.3, -0.25) is 9.59 Å². The molecule has 2 aromatic carbocycles. The topological polar surface area (TPSA) is 73.9 Å². The van der Waals surface area contributed by atoms with Crippen molar-refractivity contribution in [1.29, 1.82) is 0 Å². The molecule has 0 unspecified atom stereocenters. The van der Waals surface area contributed by atoms with Crippen molar-refractivity contribution in [3.05, 3.63) is 47.0 Å². The van der Waals surface area contributed by atoms with Gasteiger partial charge in [-0.2, -0.15) is 0 Å². The minimum Gasteiger partial charge on any atom is -0.495 e. The van der Waals surface area contributed by atoms with Crippen molar-refractivity contribution < 1.29 is 23.8 Å². The van der Waals surface area contributed by atoms with Crippen LogP contribution in [0, 0.1) is 0 Å². The third kappa shape index (κ3) is 4.17. The predicted molar refractivity (Wildman–Crippen MR) is 90.3 cm³/mol. The molecule has 7 heteroatoms. The zero-order chi connectivity index (χ0) is 17.7. The lowest BCUT2D eigenvalue weighted by atomic mass is 10.2. The van der Waals surface area contributed by atoms with Gasteiger partial charge in [-0.05, 0) is 24.3 Å². The van der Waals surface area contributed by atoms with Gasteiger partial charge in [0, 0.05) is 18.6 Å². The normalized spacial score (nSPS) is 10.0. The zero-order valence-corrected chi connectivity index (χ0v) is 14.1. The van der Waals surface area contributed by atoms with Gasteiger partial charge < -0.3 is 19.5 Å². The van der Waals surface area contributed by atoms with Gasteiger partial charge in [0.05, 0.1) is 24.9 Å². The highest BCUT2D eigenvalue weighted by molar-refractivity contribution is 6.32. The Kier molecular flexibility index (Phi) is 5.65. The van der Waals surface area contributed by atoms with E-state index in [4.69, 9.17) is 25.8 Å². The number of nitrogens with one attached hydrogen (secondary N) is 1. The van der Waals surface area contributed by atoms with Crippen LogP contribution in [0.1, 0.15) is 17.3 Å². The van der Waals surface area contributed by atoms with E-state index in [1.807, 2.05) is 0 Å². The molecule has 126 valence electrons. The fourth-order valence-electron chi connectivity index (χ4n) is 2.02. The number of esters is 1. The van der Waals surface area contributed by atoms with Crippen LogP contribution in [0.15, 0.2) is 36.4 Å². The van der Waals surface area contributed by atoms with Crippen molar-refractivity contribution in [2.24, 2.45) is 0 Å². The average molecular weight is 350 g/mol. The van der Waals surface area contributed by atoms with Gasteiger partial charge in [-0.25, -0.2) is 0 Å². The summed E-state index contributed by atoms with van der Waals surface area (Å²) in [5, 5.41) is 3.04. The quantitative estimate of drug-likeness (QED) is 0.660. The Bertz CT molecular complexity index is 776. The first-order valence-electron chi connectivity index (χ1n) is 6.96. The second-order valence-corrected chi connectivity index (χ2v) is 5.17. The van der Waals surface area contributed by atoms with Crippen molar-refractivity contribution in [1.82, 2.24) is 0 Å². The zero-order valence-electron chi connectivity index (χ0n) is 13.4. The van der Waals surface area contributed by atoms with Crippen LogP contribution >= 0.6 is 11.6 Å². The maximum atomic E-state index is 12.4. The Morgan fingerprint density at radius 1 is 1.04 bits per heavy atom. The molecule has 1 amide bonds. The van der Waals surface area contributed by atoms with Gasteiger partial charge in [-0.1, -0.05) is 17.7 Å². The first kappa shape index (κ1) is 17.6. The van der Waals surface area contributed by atoms with E-state index in [0.29, 0.717) is 27.8 Å². The van der Waals surface area contributed by atoms with Crippen molar-refractivity contribution in [2.75, 3.05) is 19.5 Å². The molecule has 1 N–H and O–H groups in total. The molecular weight excluding hydrogens is 334 g/mol. The van der Waals surface area contributed by atoms with E-state index in [9.17, 15) is 9.59 Å². The number of carbonyl (C=O) groups excluding carboxylic acids is 2. The Balaban J connectivity index is 2.26. The van der Waals surface area contributed by atoms with E-state index < -0.39 is 11.9 Å². The van der Waals surface area contributed by atoms with Gasteiger partial charge in [0.2, 0.25) is 0 Å².